The van der Waals surface area contributed by atoms with Gasteiger partial charge in [0.1, 0.15) is 5.75 Å². The number of nitrogens with zero attached hydrogens (tertiary/aromatic N) is 1. The van der Waals surface area contributed by atoms with Crippen molar-refractivity contribution in [1.82, 2.24) is 9.84 Å². The summed E-state index contributed by atoms with van der Waals surface area (Å²) in [5.74, 6) is 1.84. The Morgan fingerprint density at radius 3 is 2.09 bits per heavy atom. The van der Waals surface area contributed by atoms with Gasteiger partial charge in [-0.25, -0.2) is 8.42 Å². The summed E-state index contributed by atoms with van der Waals surface area (Å²) in [6.07, 6.45) is 1.88. The largest absolute Gasteiger partial charge is 0.497 e. The van der Waals surface area contributed by atoms with Gasteiger partial charge in [0, 0.05) is 5.56 Å². The molecule has 4 rings (SSSR count). The molecule has 33 heavy (non-hydrogen) atoms. The second-order valence-electron chi connectivity index (χ2n) is 7.59. The summed E-state index contributed by atoms with van der Waals surface area (Å²) >= 11 is 0. The Morgan fingerprint density at radius 2 is 1.48 bits per heavy atom. The molecule has 0 saturated heterocycles. The predicted octanol–water partition coefficient (Wildman–Crippen LogP) is 4.31. The van der Waals surface area contributed by atoms with Crippen molar-refractivity contribution in [1.29, 1.82) is 0 Å². The maximum Gasteiger partial charge on any atom is 0.260 e. The van der Waals surface area contributed by atoms with Gasteiger partial charge in [-0.2, -0.15) is 0 Å². The Hall–Kier alpha value is -3.49. The van der Waals surface area contributed by atoms with Crippen LogP contribution in [0.1, 0.15) is 22.7 Å². The van der Waals surface area contributed by atoms with E-state index < -0.39 is 16.1 Å². The standard InChI is InChI=1S/C25H26N2O5S/c1-17-5-12-21(13-6-17)33(28,29)27-23(18-7-10-20(30-2)11-8-18)16-22(26-27)19-9-14-24(31-3)25(15-19)32-4/h5-16,23,26H,1-4H3/t23-/m1/s1. The van der Waals surface area contributed by atoms with E-state index in [1.54, 1.807) is 51.7 Å². The lowest BCUT2D eigenvalue weighted by Crippen LogP contribution is -2.39. The number of ether oxygens (including phenoxy) is 3. The summed E-state index contributed by atoms with van der Waals surface area (Å²) in [5.41, 5.74) is 6.31. The first-order chi connectivity index (χ1) is 15.9. The first-order valence-electron chi connectivity index (χ1n) is 10.3. The Bertz CT molecular complexity index is 1270. The molecule has 0 saturated carbocycles. The van der Waals surface area contributed by atoms with Gasteiger partial charge in [0.25, 0.3) is 10.0 Å². The smallest absolute Gasteiger partial charge is 0.260 e. The third-order valence-corrected chi connectivity index (χ3v) is 7.24. The fraction of sp³-hybridized carbons (Fsp3) is 0.200. The van der Waals surface area contributed by atoms with Crippen molar-refractivity contribution >= 4 is 15.7 Å². The van der Waals surface area contributed by atoms with Gasteiger partial charge in [-0.05, 0) is 61.0 Å². The number of rotatable bonds is 7. The molecule has 0 fully saturated rings. The highest BCUT2D eigenvalue weighted by atomic mass is 32.2. The van der Waals surface area contributed by atoms with Crippen molar-refractivity contribution in [2.24, 2.45) is 0 Å². The van der Waals surface area contributed by atoms with Gasteiger partial charge in [-0.1, -0.05) is 29.8 Å². The van der Waals surface area contributed by atoms with Crippen LogP contribution in [0.3, 0.4) is 0 Å². The molecule has 0 amide bonds. The summed E-state index contributed by atoms with van der Waals surface area (Å²) in [6, 6.07) is 19.0. The fourth-order valence-electron chi connectivity index (χ4n) is 3.68. The van der Waals surface area contributed by atoms with Gasteiger partial charge in [-0.3, -0.25) is 0 Å². The Kier molecular flexibility index (Phi) is 6.31. The number of methoxy groups -OCH3 is 3. The topological polar surface area (TPSA) is 77.1 Å². The van der Waals surface area contributed by atoms with E-state index in [1.807, 2.05) is 49.4 Å². The molecular formula is C25H26N2O5S. The van der Waals surface area contributed by atoms with Gasteiger partial charge in [0.05, 0.1) is 38.0 Å². The lowest BCUT2D eigenvalue weighted by molar-refractivity contribution is 0.347. The molecule has 0 radical (unpaired) electrons. The molecule has 0 aromatic heterocycles. The first-order valence-corrected chi connectivity index (χ1v) is 11.8. The molecule has 0 bridgehead atoms. The average molecular weight is 467 g/mol. The van der Waals surface area contributed by atoms with Crippen molar-refractivity contribution in [3.05, 3.63) is 89.5 Å². The molecule has 8 heteroatoms. The molecule has 172 valence electrons. The van der Waals surface area contributed by atoms with E-state index in [0.717, 1.165) is 16.7 Å². The van der Waals surface area contributed by atoms with Crippen molar-refractivity contribution in [2.45, 2.75) is 17.9 Å². The minimum atomic E-state index is -3.85. The van der Waals surface area contributed by atoms with Crippen LogP contribution in [-0.4, -0.2) is 34.2 Å². The lowest BCUT2D eigenvalue weighted by Gasteiger charge is -2.25. The minimum Gasteiger partial charge on any atom is -0.497 e. The molecular weight excluding hydrogens is 440 g/mol. The quantitative estimate of drug-likeness (QED) is 0.559. The number of hydrazine groups is 1. The Balaban J connectivity index is 1.78. The summed E-state index contributed by atoms with van der Waals surface area (Å²) < 4.78 is 44.5. The van der Waals surface area contributed by atoms with Crippen LogP contribution in [0.25, 0.3) is 5.70 Å². The van der Waals surface area contributed by atoms with E-state index in [2.05, 4.69) is 5.43 Å². The van der Waals surface area contributed by atoms with Crippen LogP contribution in [0.5, 0.6) is 17.2 Å². The number of hydrogen-bond acceptors (Lipinski definition) is 6. The molecule has 1 atom stereocenters. The van der Waals surface area contributed by atoms with Crippen molar-refractivity contribution in [3.8, 4) is 17.2 Å². The second-order valence-corrected chi connectivity index (χ2v) is 9.41. The average Bonchev–Trinajstić information content (AvgIpc) is 3.30. The summed E-state index contributed by atoms with van der Waals surface area (Å²) in [7, 11) is 0.869. The fourth-order valence-corrected chi connectivity index (χ4v) is 5.09. The van der Waals surface area contributed by atoms with Crippen molar-refractivity contribution in [3.63, 3.8) is 0 Å². The SMILES string of the molecule is COc1ccc([C@H]2C=C(c3ccc(OC)c(OC)c3)NN2S(=O)(=O)c2ccc(C)cc2)cc1. The third kappa shape index (κ3) is 4.40. The summed E-state index contributed by atoms with van der Waals surface area (Å²) in [6.45, 7) is 1.92. The highest BCUT2D eigenvalue weighted by molar-refractivity contribution is 7.89. The van der Waals surface area contributed by atoms with Crippen LogP contribution in [0.4, 0.5) is 0 Å². The van der Waals surface area contributed by atoms with E-state index in [1.165, 1.54) is 4.41 Å². The number of nitrogens with one attached hydrogen (secondary N) is 1. The zero-order valence-corrected chi connectivity index (χ0v) is 19.7. The molecule has 0 aliphatic carbocycles. The third-order valence-electron chi connectivity index (χ3n) is 5.54. The van der Waals surface area contributed by atoms with Gasteiger partial charge in [0.2, 0.25) is 0 Å². The van der Waals surface area contributed by atoms with E-state index in [9.17, 15) is 8.42 Å². The highest BCUT2D eigenvalue weighted by Gasteiger charge is 2.37. The number of hydrogen-bond donors (Lipinski definition) is 1. The molecule has 3 aromatic rings. The second kappa shape index (κ2) is 9.17. The normalized spacial score (nSPS) is 16.1. The molecule has 1 heterocycles. The van der Waals surface area contributed by atoms with Gasteiger partial charge in [-0.15, -0.1) is 4.41 Å². The van der Waals surface area contributed by atoms with E-state index in [0.29, 0.717) is 22.9 Å². The monoisotopic (exact) mass is 466 g/mol. The highest BCUT2D eigenvalue weighted by Crippen LogP contribution is 2.38. The zero-order valence-electron chi connectivity index (χ0n) is 18.9. The van der Waals surface area contributed by atoms with Gasteiger partial charge >= 0.3 is 0 Å². The number of aryl methyl sites for hydroxylation is 1. The summed E-state index contributed by atoms with van der Waals surface area (Å²) in [4.78, 5) is 0.209. The maximum atomic E-state index is 13.6. The molecule has 1 aliphatic rings. The van der Waals surface area contributed by atoms with Crippen molar-refractivity contribution < 1.29 is 22.6 Å². The molecule has 1 aliphatic heterocycles. The Morgan fingerprint density at radius 1 is 0.818 bits per heavy atom. The van der Waals surface area contributed by atoms with E-state index in [-0.39, 0.29) is 4.90 Å². The maximum absolute atomic E-state index is 13.6. The van der Waals surface area contributed by atoms with Gasteiger partial charge < -0.3 is 19.6 Å². The van der Waals surface area contributed by atoms with Crippen LogP contribution in [-0.2, 0) is 10.0 Å². The van der Waals surface area contributed by atoms with Crippen LogP contribution in [0, 0.1) is 6.92 Å². The van der Waals surface area contributed by atoms with Crippen LogP contribution < -0.4 is 19.6 Å². The van der Waals surface area contributed by atoms with E-state index >= 15 is 0 Å². The molecule has 1 N–H and O–H groups in total. The first kappa shape index (κ1) is 22.7. The zero-order chi connectivity index (χ0) is 23.6. The van der Waals surface area contributed by atoms with Crippen LogP contribution in [0.2, 0.25) is 0 Å². The Labute approximate surface area is 194 Å². The molecule has 0 unspecified atom stereocenters. The minimum absolute atomic E-state index is 0.209. The van der Waals surface area contributed by atoms with E-state index in [4.69, 9.17) is 14.2 Å². The number of benzene rings is 3. The lowest BCUT2D eigenvalue weighted by atomic mass is 10.0. The number of sulfonamides is 1. The molecule has 3 aromatic carbocycles. The summed E-state index contributed by atoms with van der Waals surface area (Å²) in [5, 5.41) is 0. The van der Waals surface area contributed by atoms with Crippen LogP contribution >= 0.6 is 0 Å². The molecule has 0 spiro atoms. The van der Waals surface area contributed by atoms with Crippen molar-refractivity contribution in [2.75, 3.05) is 21.3 Å². The molecule has 7 nitrogen and oxygen atoms in total. The predicted molar refractivity (Wildman–Crippen MR) is 127 cm³/mol. The van der Waals surface area contributed by atoms with Crippen LogP contribution in [0.15, 0.2) is 77.7 Å². The van der Waals surface area contributed by atoms with Gasteiger partial charge in [0.15, 0.2) is 11.5 Å².